The minimum absolute atomic E-state index is 0.0880. The molecule has 0 radical (unpaired) electrons. The van der Waals surface area contributed by atoms with Crippen LogP contribution in [-0.2, 0) is 17.8 Å². The van der Waals surface area contributed by atoms with Gasteiger partial charge in [0, 0.05) is 51.4 Å². The Hall–Kier alpha value is -3.17. The molecule has 2 aliphatic heterocycles. The first kappa shape index (κ1) is 24.9. The second-order valence-electron chi connectivity index (χ2n) is 9.13. The van der Waals surface area contributed by atoms with Gasteiger partial charge in [-0.25, -0.2) is 4.98 Å². The third-order valence-corrected chi connectivity index (χ3v) is 6.77. The summed E-state index contributed by atoms with van der Waals surface area (Å²) in [6.07, 6.45) is 3.16. The maximum absolute atomic E-state index is 13.1. The first-order chi connectivity index (χ1) is 17.0. The van der Waals surface area contributed by atoms with E-state index in [4.69, 9.17) is 4.74 Å². The molecule has 2 aromatic rings. The number of nitrogens with one attached hydrogen (secondary N) is 3. The molecule has 9 nitrogen and oxygen atoms in total. The number of carbonyl (C=O) groups is 2. The zero-order valence-corrected chi connectivity index (χ0v) is 20.4. The Kier molecular flexibility index (Phi) is 8.20. The molecule has 1 saturated heterocycles. The minimum atomic E-state index is -0.728. The molecular formula is C26H35N5O4. The number of nitrogens with zero attached hydrogens (tertiary/aromatic N) is 2. The lowest BCUT2D eigenvalue weighted by molar-refractivity contribution is -0.129. The van der Waals surface area contributed by atoms with E-state index in [-0.39, 0.29) is 30.4 Å². The molecule has 2 aliphatic rings. The third kappa shape index (κ3) is 6.10. The number of aliphatic hydroxyl groups excluding tert-OH is 1. The first-order valence-electron chi connectivity index (χ1n) is 12.4. The van der Waals surface area contributed by atoms with E-state index in [0.29, 0.717) is 49.8 Å². The van der Waals surface area contributed by atoms with Crippen LogP contribution in [0.2, 0.25) is 0 Å². The smallest absolute Gasteiger partial charge is 0.255 e. The molecule has 35 heavy (non-hydrogen) atoms. The summed E-state index contributed by atoms with van der Waals surface area (Å²) in [6.45, 7) is 6.04. The predicted octanol–water partition coefficient (Wildman–Crippen LogP) is 1.71. The lowest BCUT2D eigenvalue weighted by atomic mass is 9.93. The fourth-order valence-corrected chi connectivity index (χ4v) is 4.74. The molecule has 4 N–H and O–H groups in total. The Morgan fingerprint density at radius 1 is 1.23 bits per heavy atom. The van der Waals surface area contributed by atoms with E-state index < -0.39 is 6.10 Å². The number of piperidine rings is 1. The highest BCUT2D eigenvalue weighted by molar-refractivity contribution is 5.98. The standard InChI is InChI=1S/C26H35N5O4/c1-3-35-24-21(8-11-27-25(24)30-20-9-12-31(13-10-20)17(2)32)26(34)29-16-23(33)22-14-18-6-4-5-7-19(18)15-28-22/h4-8,11,20,22-23,28,33H,3,9-10,12-16H2,1-2H3,(H,27,30)(H,29,34)/t22-,23+/m0/s1. The van der Waals surface area contributed by atoms with Gasteiger partial charge in [-0.15, -0.1) is 0 Å². The lowest BCUT2D eigenvalue weighted by Gasteiger charge is -2.32. The number of amides is 2. The number of aromatic nitrogens is 1. The number of benzene rings is 1. The molecule has 1 aromatic carbocycles. The van der Waals surface area contributed by atoms with E-state index in [1.165, 1.54) is 11.1 Å². The zero-order valence-electron chi connectivity index (χ0n) is 20.4. The molecule has 3 heterocycles. The lowest BCUT2D eigenvalue weighted by Crippen LogP contribution is -2.49. The van der Waals surface area contributed by atoms with E-state index in [1.807, 2.05) is 24.0 Å². The number of anilines is 1. The maximum Gasteiger partial charge on any atom is 0.255 e. The molecule has 2 atom stereocenters. The van der Waals surface area contributed by atoms with Gasteiger partial charge in [0.05, 0.1) is 18.3 Å². The Balaban J connectivity index is 1.38. The zero-order chi connectivity index (χ0) is 24.8. The molecular weight excluding hydrogens is 446 g/mol. The number of hydrogen-bond acceptors (Lipinski definition) is 7. The number of aliphatic hydroxyl groups is 1. The van der Waals surface area contributed by atoms with Gasteiger partial charge in [-0.2, -0.15) is 0 Å². The topological polar surface area (TPSA) is 116 Å². The van der Waals surface area contributed by atoms with Crippen LogP contribution in [0, 0.1) is 0 Å². The van der Waals surface area contributed by atoms with Gasteiger partial charge in [-0.3, -0.25) is 9.59 Å². The monoisotopic (exact) mass is 481 g/mol. The number of hydrogen-bond donors (Lipinski definition) is 4. The first-order valence-corrected chi connectivity index (χ1v) is 12.4. The van der Waals surface area contributed by atoms with E-state index in [1.54, 1.807) is 19.2 Å². The van der Waals surface area contributed by atoms with Crippen LogP contribution >= 0.6 is 0 Å². The highest BCUT2D eigenvalue weighted by atomic mass is 16.5. The average Bonchev–Trinajstić information content (AvgIpc) is 2.88. The third-order valence-electron chi connectivity index (χ3n) is 6.77. The molecule has 0 bridgehead atoms. The normalized spacial score (nSPS) is 18.9. The molecule has 2 amide bonds. The van der Waals surface area contributed by atoms with Crippen LogP contribution < -0.4 is 20.7 Å². The van der Waals surface area contributed by atoms with E-state index in [9.17, 15) is 14.7 Å². The summed E-state index contributed by atoms with van der Waals surface area (Å²) in [5.74, 6) is 0.693. The molecule has 0 saturated carbocycles. The fraction of sp³-hybridized carbons (Fsp3) is 0.500. The summed E-state index contributed by atoms with van der Waals surface area (Å²) in [6, 6.07) is 9.82. The molecule has 0 spiro atoms. The molecule has 1 fully saturated rings. The summed E-state index contributed by atoms with van der Waals surface area (Å²) >= 11 is 0. The number of ether oxygens (including phenoxy) is 1. The van der Waals surface area contributed by atoms with Crippen molar-refractivity contribution in [2.45, 2.75) is 57.8 Å². The quantitative estimate of drug-likeness (QED) is 0.454. The average molecular weight is 482 g/mol. The summed E-state index contributed by atoms with van der Waals surface area (Å²) < 4.78 is 5.83. The highest BCUT2D eigenvalue weighted by Gasteiger charge is 2.27. The van der Waals surface area contributed by atoms with Gasteiger partial charge in [0.1, 0.15) is 0 Å². The highest BCUT2D eigenvalue weighted by Crippen LogP contribution is 2.29. The van der Waals surface area contributed by atoms with Gasteiger partial charge in [-0.1, -0.05) is 24.3 Å². The number of likely N-dealkylation sites (tertiary alicyclic amines) is 1. The van der Waals surface area contributed by atoms with Crippen LogP contribution in [0.3, 0.4) is 0 Å². The van der Waals surface area contributed by atoms with Crippen molar-refractivity contribution in [1.29, 1.82) is 0 Å². The van der Waals surface area contributed by atoms with E-state index >= 15 is 0 Å². The second-order valence-corrected chi connectivity index (χ2v) is 9.13. The van der Waals surface area contributed by atoms with Gasteiger partial charge in [0.25, 0.3) is 5.91 Å². The van der Waals surface area contributed by atoms with Crippen LogP contribution in [0.1, 0.15) is 48.2 Å². The molecule has 1 aromatic heterocycles. The number of fused-ring (bicyclic) bond motifs is 1. The van der Waals surface area contributed by atoms with Crippen molar-refractivity contribution in [2.24, 2.45) is 0 Å². The summed E-state index contributed by atoms with van der Waals surface area (Å²) in [5, 5.41) is 20.4. The van der Waals surface area contributed by atoms with Crippen LogP contribution in [0.5, 0.6) is 5.75 Å². The summed E-state index contributed by atoms with van der Waals surface area (Å²) in [5.41, 5.74) is 2.84. The van der Waals surface area contributed by atoms with Crippen molar-refractivity contribution in [3.8, 4) is 5.75 Å². The second kappa shape index (κ2) is 11.5. The van der Waals surface area contributed by atoms with Crippen LogP contribution in [0.4, 0.5) is 5.82 Å². The Labute approximate surface area is 206 Å². The SMILES string of the molecule is CCOc1c(C(=O)NC[C@@H](O)[C@@H]2Cc3ccccc3CN2)ccnc1NC1CCN(C(C)=O)CC1. The van der Waals surface area contributed by atoms with Crippen molar-refractivity contribution in [1.82, 2.24) is 20.5 Å². The van der Waals surface area contributed by atoms with Crippen molar-refractivity contribution in [3.63, 3.8) is 0 Å². The van der Waals surface area contributed by atoms with Crippen LogP contribution in [0.15, 0.2) is 36.5 Å². The molecule has 4 rings (SSSR count). The Morgan fingerprint density at radius 2 is 1.97 bits per heavy atom. The van der Waals surface area contributed by atoms with Crippen molar-refractivity contribution in [3.05, 3.63) is 53.2 Å². The molecule has 188 valence electrons. The summed E-state index contributed by atoms with van der Waals surface area (Å²) in [4.78, 5) is 30.9. The maximum atomic E-state index is 13.1. The predicted molar refractivity (Wildman–Crippen MR) is 133 cm³/mol. The number of rotatable bonds is 8. The van der Waals surface area contributed by atoms with Crippen LogP contribution in [-0.4, -0.2) is 71.2 Å². The van der Waals surface area contributed by atoms with Crippen molar-refractivity contribution >= 4 is 17.6 Å². The summed E-state index contributed by atoms with van der Waals surface area (Å²) in [7, 11) is 0. The largest absolute Gasteiger partial charge is 0.489 e. The van der Waals surface area contributed by atoms with Crippen LogP contribution in [0.25, 0.3) is 0 Å². The molecule has 0 aliphatic carbocycles. The van der Waals surface area contributed by atoms with Gasteiger partial charge in [0.2, 0.25) is 5.91 Å². The Morgan fingerprint density at radius 3 is 2.69 bits per heavy atom. The van der Waals surface area contributed by atoms with Gasteiger partial charge >= 0.3 is 0 Å². The number of carbonyl (C=O) groups excluding carboxylic acids is 2. The minimum Gasteiger partial charge on any atom is -0.489 e. The van der Waals surface area contributed by atoms with E-state index in [0.717, 1.165) is 12.8 Å². The number of pyridine rings is 1. The van der Waals surface area contributed by atoms with Gasteiger partial charge in [0.15, 0.2) is 11.6 Å². The Bertz CT molecular complexity index is 1040. The van der Waals surface area contributed by atoms with Crippen molar-refractivity contribution in [2.75, 3.05) is 31.6 Å². The van der Waals surface area contributed by atoms with Crippen molar-refractivity contribution < 1.29 is 19.4 Å². The van der Waals surface area contributed by atoms with Gasteiger partial charge in [-0.05, 0) is 43.4 Å². The van der Waals surface area contributed by atoms with E-state index in [2.05, 4.69) is 33.1 Å². The fourth-order valence-electron chi connectivity index (χ4n) is 4.74. The molecule has 9 heteroatoms. The molecule has 0 unspecified atom stereocenters. The van der Waals surface area contributed by atoms with Gasteiger partial charge < -0.3 is 30.7 Å².